The molecule has 0 radical (unpaired) electrons. The Morgan fingerprint density at radius 1 is 0.944 bits per heavy atom. The van der Waals surface area contributed by atoms with E-state index in [-0.39, 0.29) is 17.0 Å². The van der Waals surface area contributed by atoms with Gasteiger partial charge in [0.25, 0.3) is 0 Å². The van der Waals surface area contributed by atoms with Crippen LogP contribution in [0.15, 0.2) is 93.2 Å². The smallest absolute Gasteiger partial charge is 0.196 e. The predicted molar refractivity (Wildman–Crippen MR) is 140 cm³/mol. The molecule has 0 spiro atoms. The van der Waals surface area contributed by atoms with Gasteiger partial charge >= 0.3 is 0 Å². The molecular formula is C28H25FN4O3. The molecule has 1 aromatic heterocycles. The normalized spacial score (nSPS) is 14.2. The standard InChI is InChI=1S/C28H25FN4O3/c1-19(34)28(33-15-13-32(14-16-33)24-10-6-5-9-23(24)29)31-30-21-11-12-22-25(35)18-26(36-27(22)17-21)20-7-3-2-4-8-20/h2-12,17-18,30H,13-16H2,1H3/b31-28-. The van der Waals surface area contributed by atoms with Crippen molar-refractivity contribution in [2.24, 2.45) is 5.10 Å². The summed E-state index contributed by atoms with van der Waals surface area (Å²) >= 11 is 0. The summed E-state index contributed by atoms with van der Waals surface area (Å²) in [5, 5.41) is 4.83. The maximum absolute atomic E-state index is 14.2. The first kappa shape index (κ1) is 23.3. The van der Waals surface area contributed by atoms with Gasteiger partial charge in [0.1, 0.15) is 17.2 Å². The highest BCUT2D eigenvalue weighted by atomic mass is 19.1. The number of piperazine rings is 1. The van der Waals surface area contributed by atoms with Crippen LogP contribution < -0.4 is 15.8 Å². The van der Waals surface area contributed by atoms with E-state index in [4.69, 9.17) is 4.42 Å². The van der Waals surface area contributed by atoms with Crippen molar-refractivity contribution >= 4 is 34.0 Å². The Morgan fingerprint density at radius 3 is 2.39 bits per heavy atom. The molecule has 4 aromatic rings. The summed E-state index contributed by atoms with van der Waals surface area (Å²) in [7, 11) is 0. The van der Waals surface area contributed by atoms with E-state index in [1.54, 1.807) is 30.3 Å². The number of halogens is 1. The lowest BCUT2D eigenvalue weighted by Crippen LogP contribution is -2.50. The van der Waals surface area contributed by atoms with E-state index in [0.717, 1.165) is 5.56 Å². The topological polar surface area (TPSA) is 78.1 Å². The highest BCUT2D eigenvalue weighted by Gasteiger charge is 2.24. The van der Waals surface area contributed by atoms with E-state index < -0.39 is 0 Å². The highest BCUT2D eigenvalue weighted by Crippen LogP contribution is 2.24. The molecule has 1 fully saturated rings. The Hall–Kier alpha value is -4.46. The first-order valence-corrected chi connectivity index (χ1v) is 11.7. The van der Waals surface area contributed by atoms with E-state index in [1.807, 2.05) is 46.2 Å². The van der Waals surface area contributed by atoms with E-state index in [2.05, 4.69) is 10.5 Å². The largest absolute Gasteiger partial charge is 0.456 e. The monoisotopic (exact) mass is 484 g/mol. The number of benzene rings is 3. The number of nitrogens with zero attached hydrogens (tertiary/aromatic N) is 3. The van der Waals surface area contributed by atoms with Crippen molar-refractivity contribution in [1.29, 1.82) is 0 Å². The number of Topliss-reactive ketones (excluding diaryl/α,β-unsaturated/α-hetero) is 1. The van der Waals surface area contributed by atoms with Gasteiger partial charge in [-0.2, -0.15) is 5.10 Å². The number of anilines is 2. The van der Waals surface area contributed by atoms with Gasteiger partial charge in [0.2, 0.25) is 0 Å². The molecule has 1 saturated heterocycles. The van der Waals surface area contributed by atoms with E-state index in [1.165, 1.54) is 19.1 Å². The molecular weight excluding hydrogens is 459 g/mol. The number of nitrogens with one attached hydrogen (secondary N) is 1. The Kier molecular flexibility index (Phi) is 6.49. The van der Waals surface area contributed by atoms with Crippen molar-refractivity contribution in [3.8, 4) is 11.3 Å². The molecule has 1 aliphatic rings. The lowest BCUT2D eigenvalue weighted by atomic mass is 10.1. The van der Waals surface area contributed by atoms with E-state index in [9.17, 15) is 14.0 Å². The van der Waals surface area contributed by atoms with Crippen LogP contribution >= 0.6 is 0 Å². The van der Waals surface area contributed by atoms with Gasteiger partial charge in [0, 0.05) is 50.8 Å². The molecule has 1 N–H and O–H groups in total. The number of carbonyl (C=O) groups is 1. The first-order valence-electron chi connectivity index (χ1n) is 11.7. The molecule has 0 saturated carbocycles. The van der Waals surface area contributed by atoms with E-state index in [0.29, 0.717) is 60.1 Å². The van der Waals surface area contributed by atoms with Crippen molar-refractivity contribution in [3.05, 3.63) is 94.9 Å². The Labute approximate surface area is 207 Å². The van der Waals surface area contributed by atoms with Gasteiger partial charge in [-0.3, -0.25) is 15.0 Å². The second kappa shape index (κ2) is 10.0. The van der Waals surface area contributed by atoms with Crippen LogP contribution in [0.3, 0.4) is 0 Å². The number of carbonyl (C=O) groups excluding carboxylic acids is 1. The molecule has 0 unspecified atom stereocenters. The zero-order chi connectivity index (χ0) is 25.1. The van der Waals surface area contributed by atoms with Crippen molar-refractivity contribution in [1.82, 2.24) is 4.90 Å². The summed E-state index contributed by atoms with van der Waals surface area (Å²) in [4.78, 5) is 28.8. The quantitative estimate of drug-likeness (QED) is 0.251. The van der Waals surface area contributed by atoms with Crippen LogP contribution in [0.1, 0.15) is 6.92 Å². The van der Waals surface area contributed by atoms with Crippen LogP contribution in [0.5, 0.6) is 0 Å². The third kappa shape index (κ3) is 4.84. The van der Waals surface area contributed by atoms with Gasteiger partial charge in [-0.1, -0.05) is 42.5 Å². The fraction of sp³-hybridized carbons (Fsp3) is 0.179. The molecule has 1 aliphatic heterocycles. The molecule has 0 aliphatic carbocycles. The molecule has 8 heteroatoms. The lowest BCUT2D eigenvalue weighted by Gasteiger charge is -2.37. The van der Waals surface area contributed by atoms with Crippen molar-refractivity contribution in [3.63, 3.8) is 0 Å². The van der Waals surface area contributed by atoms with Gasteiger partial charge in [-0.15, -0.1) is 0 Å². The minimum absolute atomic E-state index is 0.137. The van der Waals surface area contributed by atoms with Crippen molar-refractivity contribution in [2.45, 2.75) is 6.92 Å². The number of fused-ring (bicyclic) bond motifs is 1. The third-order valence-corrected chi connectivity index (χ3v) is 6.17. The summed E-state index contributed by atoms with van der Waals surface area (Å²) in [6, 6.07) is 22.7. The summed E-state index contributed by atoms with van der Waals surface area (Å²) < 4.78 is 20.2. The van der Waals surface area contributed by atoms with Crippen LogP contribution in [0.25, 0.3) is 22.3 Å². The Balaban J connectivity index is 1.35. The summed E-state index contributed by atoms with van der Waals surface area (Å²) in [5.74, 6) is 0.334. The fourth-order valence-corrected chi connectivity index (χ4v) is 4.33. The van der Waals surface area contributed by atoms with Crippen molar-refractivity contribution < 1.29 is 13.6 Å². The minimum atomic E-state index is -0.258. The molecule has 7 nitrogen and oxygen atoms in total. The van der Waals surface area contributed by atoms with Crippen LogP contribution in [-0.2, 0) is 4.79 Å². The summed E-state index contributed by atoms with van der Waals surface area (Å²) in [6.07, 6.45) is 0. The average Bonchev–Trinajstić information content (AvgIpc) is 2.90. The molecule has 5 rings (SSSR count). The SMILES string of the molecule is CC(=O)/C(=N/Nc1ccc2c(=O)cc(-c3ccccc3)oc2c1)N1CCN(c2ccccc2F)CC1. The van der Waals surface area contributed by atoms with E-state index >= 15 is 0 Å². The molecule has 2 heterocycles. The van der Waals surface area contributed by atoms with Crippen LogP contribution in [-0.4, -0.2) is 42.7 Å². The summed E-state index contributed by atoms with van der Waals surface area (Å²) in [5.41, 5.74) is 5.17. The number of ketones is 1. The van der Waals surface area contributed by atoms with Crippen LogP contribution in [0.4, 0.5) is 15.8 Å². The molecule has 0 amide bonds. The van der Waals surface area contributed by atoms with Crippen LogP contribution in [0.2, 0.25) is 0 Å². The van der Waals surface area contributed by atoms with Gasteiger partial charge in [-0.25, -0.2) is 4.39 Å². The zero-order valence-electron chi connectivity index (χ0n) is 19.8. The second-order valence-electron chi connectivity index (χ2n) is 8.58. The number of hydrogen-bond acceptors (Lipinski definition) is 6. The highest BCUT2D eigenvalue weighted by molar-refractivity contribution is 6.38. The van der Waals surface area contributed by atoms with Crippen molar-refractivity contribution in [2.75, 3.05) is 36.5 Å². The third-order valence-electron chi connectivity index (χ3n) is 6.17. The molecule has 3 aromatic carbocycles. The average molecular weight is 485 g/mol. The second-order valence-corrected chi connectivity index (χ2v) is 8.58. The predicted octanol–water partition coefficient (Wildman–Crippen LogP) is 4.74. The van der Waals surface area contributed by atoms with Gasteiger partial charge in [0.05, 0.1) is 16.8 Å². The van der Waals surface area contributed by atoms with Gasteiger partial charge in [0.15, 0.2) is 17.0 Å². The molecule has 182 valence electrons. The lowest BCUT2D eigenvalue weighted by molar-refractivity contribution is -0.111. The number of amidine groups is 1. The Morgan fingerprint density at radius 2 is 1.67 bits per heavy atom. The molecule has 0 bridgehead atoms. The number of rotatable bonds is 5. The van der Waals surface area contributed by atoms with Gasteiger partial charge in [-0.05, 0) is 24.3 Å². The fourth-order valence-electron chi connectivity index (χ4n) is 4.33. The number of para-hydroxylation sites is 1. The maximum Gasteiger partial charge on any atom is 0.196 e. The number of hydrazone groups is 1. The number of hydrogen-bond donors (Lipinski definition) is 1. The Bertz CT molecular complexity index is 1490. The van der Waals surface area contributed by atoms with Crippen LogP contribution in [0, 0.1) is 5.82 Å². The first-order chi connectivity index (χ1) is 17.5. The maximum atomic E-state index is 14.2. The van der Waals surface area contributed by atoms with Gasteiger partial charge < -0.3 is 14.2 Å². The molecule has 0 atom stereocenters. The summed E-state index contributed by atoms with van der Waals surface area (Å²) in [6.45, 7) is 3.66. The zero-order valence-corrected chi connectivity index (χ0v) is 19.8. The minimum Gasteiger partial charge on any atom is -0.456 e. The molecule has 36 heavy (non-hydrogen) atoms.